The van der Waals surface area contributed by atoms with Gasteiger partial charge in [0.2, 0.25) is 0 Å². The molecule has 0 saturated heterocycles. The van der Waals surface area contributed by atoms with Crippen LogP contribution in [0.3, 0.4) is 0 Å². The first kappa shape index (κ1) is 37.4. The number of halogens is 3. The van der Waals surface area contributed by atoms with Gasteiger partial charge in [-0.2, -0.15) is 34.2 Å². The summed E-state index contributed by atoms with van der Waals surface area (Å²) in [6.45, 7) is 0. The molecule has 0 unspecified atom stereocenters. The molecule has 0 fully saturated rings. The molecule has 10 rings (SSSR count). The molecule has 0 radical (unpaired) electrons. The van der Waals surface area contributed by atoms with Crippen LogP contribution in [-0.2, 0) is 6.18 Å². The SMILES string of the molecule is N#Cc1cccc(-c2ccc3c(c2)c2ccccc2n3-c2cc(C#N)cc(-n3c4ccccc4c4cc(-c5cccc(C#N)c5)ccc43)c2-c2c(C#N)cccc2C(F)(F)F)c1. The van der Waals surface area contributed by atoms with E-state index in [2.05, 4.69) is 24.3 Å². The van der Waals surface area contributed by atoms with E-state index < -0.39 is 11.7 Å². The summed E-state index contributed by atoms with van der Waals surface area (Å²) in [5, 5.41) is 43.8. The van der Waals surface area contributed by atoms with E-state index in [0.717, 1.165) is 49.9 Å². The number of benzene rings is 8. The average molecular weight is 805 g/mol. The molecular formula is C53H27F3N6. The van der Waals surface area contributed by atoms with Crippen molar-refractivity contribution in [2.45, 2.75) is 6.18 Å². The molecule has 0 N–H and O–H groups in total. The van der Waals surface area contributed by atoms with Crippen molar-refractivity contribution < 1.29 is 13.2 Å². The molecule has 0 aliphatic rings. The number of nitrogens with zero attached hydrogens (tertiary/aromatic N) is 6. The van der Waals surface area contributed by atoms with E-state index in [-0.39, 0.29) is 33.6 Å². The molecule has 9 heteroatoms. The van der Waals surface area contributed by atoms with Crippen molar-refractivity contribution >= 4 is 43.6 Å². The van der Waals surface area contributed by atoms with Crippen molar-refractivity contribution in [1.29, 1.82) is 21.0 Å². The fourth-order valence-corrected chi connectivity index (χ4v) is 8.80. The highest BCUT2D eigenvalue weighted by Crippen LogP contribution is 2.48. The number of fused-ring (bicyclic) bond motifs is 6. The van der Waals surface area contributed by atoms with Crippen LogP contribution < -0.4 is 0 Å². The number of rotatable bonds is 5. The number of hydrogen-bond acceptors (Lipinski definition) is 4. The maximum Gasteiger partial charge on any atom is 0.417 e. The monoisotopic (exact) mass is 804 g/mol. The molecule has 0 atom stereocenters. The second-order valence-corrected chi connectivity index (χ2v) is 14.9. The molecule has 0 aliphatic heterocycles. The van der Waals surface area contributed by atoms with Gasteiger partial charge in [0.1, 0.15) is 0 Å². The Labute approximate surface area is 352 Å². The van der Waals surface area contributed by atoms with Crippen LogP contribution in [-0.4, -0.2) is 9.13 Å². The Hall–Kier alpha value is -8.89. The molecule has 6 nitrogen and oxygen atoms in total. The first-order valence-electron chi connectivity index (χ1n) is 19.5. The van der Waals surface area contributed by atoms with E-state index in [1.54, 1.807) is 36.4 Å². The highest BCUT2D eigenvalue weighted by atomic mass is 19.4. The Morgan fingerprint density at radius 2 is 0.823 bits per heavy atom. The van der Waals surface area contributed by atoms with Crippen molar-refractivity contribution in [1.82, 2.24) is 9.13 Å². The molecule has 8 aromatic carbocycles. The van der Waals surface area contributed by atoms with Gasteiger partial charge in [0, 0.05) is 32.7 Å². The van der Waals surface area contributed by atoms with Crippen molar-refractivity contribution in [2.75, 3.05) is 0 Å². The summed E-state index contributed by atoms with van der Waals surface area (Å²) in [6.07, 6.45) is -4.87. The fraction of sp³-hybridized carbons (Fsp3) is 0.0189. The van der Waals surface area contributed by atoms with E-state index in [1.807, 2.05) is 118 Å². The van der Waals surface area contributed by atoms with Crippen LogP contribution in [0.2, 0.25) is 0 Å². The molecule has 0 spiro atoms. The molecular weight excluding hydrogens is 778 g/mol. The largest absolute Gasteiger partial charge is 0.417 e. The summed E-state index contributed by atoms with van der Waals surface area (Å²) >= 11 is 0. The molecule has 2 aromatic heterocycles. The number of alkyl halides is 3. The minimum absolute atomic E-state index is 0.107. The van der Waals surface area contributed by atoms with Crippen LogP contribution in [0.15, 0.2) is 164 Å². The summed E-state index contributed by atoms with van der Waals surface area (Å²) in [5.74, 6) is 0. The van der Waals surface area contributed by atoms with Crippen LogP contribution in [0.4, 0.5) is 13.2 Å². The van der Waals surface area contributed by atoms with Gasteiger partial charge in [0.15, 0.2) is 0 Å². The summed E-state index contributed by atoms with van der Waals surface area (Å²) < 4.78 is 50.1. The lowest BCUT2D eigenvalue weighted by Gasteiger charge is -2.24. The number of para-hydroxylation sites is 2. The lowest BCUT2D eigenvalue weighted by Crippen LogP contribution is -2.12. The number of nitriles is 4. The zero-order valence-electron chi connectivity index (χ0n) is 32.4. The minimum Gasteiger partial charge on any atom is -0.308 e. The number of aromatic nitrogens is 2. The molecule has 10 aromatic rings. The van der Waals surface area contributed by atoms with Gasteiger partial charge in [-0.15, -0.1) is 0 Å². The molecule has 0 saturated carbocycles. The van der Waals surface area contributed by atoms with Crippen LogP contribution in [0, 0.1) is 45.3 Å². The summed E-state index contributed by atoms with van der Waals surface area (Å²) in [6, 6.07) is 56.8. The molecule has 290 valence electrons. The van der Waals surface area contributed by atoms with Crippen LogP contribution in [0.5, 0.6) is 0 Å². The molecule has 62 heavy (non-hydrogen) atoms. The predicted molar refractivity (Wildman–Crippen MR) is 235 cm³/mol. The molecule has 0 aliphatic carbocycles. The van der Waals surface area contributed by atoms with Gasteiger partial charge in [0.05, 0.1) is 85.5 Å². The first-order chi connectivity index (χ1) is 30.2. The lowest BCUT2D eigenvalue weighted by molar-refractivity contribution is -0.137. The number of hydrogen-bond donors (Lipinski definition) is 0. The third-order valence-electron chi connectivity index (χ3n) is 11.4. The van der Waals surface area contributed by atoms with Crippen LogP contribution >= 0.6 is 0 Å². The lowest BCUT2D eigenvalue weighted by atomic mass is 9.90. The second-order valence-electron chi connectivity index (χ2n) is 14.9. The topological polar surface area (TPSA) is 105 Å². The Balaban J connectivity index is 1.36. The van der Waals surface area contributed by atoms with Crippen LogP contribution in [0.1, 0.15) is 27.8 Å². The average Bonchev–Trinajstić information content (AvgIpc) is 3.82. The maximum absolute atomic E-state index is 15.5. The standard InChI is InChI=1S/C53H27F3N6/c54-53(55,56)44-15-7-12-39(31-60)51(44)52-49(61-45-16-3-1-13-40(45)42-26-37(18-20-47(42)61)35-10-5-8-32(22-35)28-57)24-34(30-59)25-50(52)62-46-17-4-2-14-41(46)43-27-38(19-21-48(43)62)36-11-6-9-33(23-36)29-58/h1-27H. The van der Waals surface area contributed by atoms with E-state index in [1.165, 1.54) is 12.1 Å². The highest BCUT2D eigenvalue weighted by molar-refractivity contribution is 6.13. The van der Waals surface area contributed by atoms with Gasteiger partial charge in [0.25, 0.3) is 0 Å². The van der Waals surface area contributed by atoms with Gasteiger partial charge in [-0.05, 0) is 107 Å². The fourth-order valence-electron chi connectivity index (χ4n) is 8.80. The summed E-state index contributed by atoms with van der Waals surface area (Å²) in [5.41, 5.74) is 6.31. The van der Waals surface area contributed by atoms with Gasteiger partial charge >= 0.3 is 6.18 Å². The Morgan fingerprint density at radius 3 is 1.29 bits per heavy atom. The third kappa shape index (κ3) is 5.93. The normalized spacial score (nSPS) is 11.4. The minimum atomic E-state index is -4.87. The Bertz CT molecular complexity index is 3500. The van der Waals surface area contributed by atoms with E-state index >= 15 is 13.2 Å². The van der Waals surface area contributed by atoms with Gasteiger partial charge in [-0.3, -0.25) is 0 Å². The Morgan fingerprint density at radius 1 is 0.371 bits per heavy atom. The zero-order chi connectivity index (χ0) is 42.7. The first-order valence-corrected chi connectivity index (χ1v) is 19.5. The summed E-state index contributed by atoms with van der Waals surface area (Å²) in [4.78, 5) is 0. The van der Waals surface area contributed by atoms with Crippen molar-refractivity contribution in [3.8, 4) is 69.0 Å². The Kier molecular flexibility index (Phi) is 8.70. The van der Waals surface area contributed by atoms with Gasteiger partial charge < -0.3 is 9.13 Å². The molecule has 0 amide bonds. The smallest absolute Gasteiger partial charge is 0.308 e. The van der Waals surface area contributed by atoms with Gasteiger partial charge in [-0.1, -0.05) is 78.9 Å². The second kappa shape index (κ2) is 14.4. The quantitative estimate of drug-likeness (QED) is 0.173. The highest BCUT2D eigenvalue weighted by Gasteiger charge is 2.37. The predicted octanol–water partition coefficient (Wildman–Crippen LogP) is 13.4. The van der Waals surface area contributed by atoms with Gasteiger partial charge in [-0.25, -0.2) is 0 Å². The van der Waals surface area contributed by atoms with E-state index in [4.69, 9.17) is 0 Å². The van der Waals surface area contributed by atoms with E-state index in [9.17, 15) is 21.0 Å². The van der Waals surface area contributed by atoms with E-state index in [0.29, 0.717) is 33.2 Å². The zero-order valence-corrected chi connectivity index (χ0v) is 32.4. The summed E-state index contributed by atoms with van der Waals surface area (Å²) in [7, 11) is 0. The molecule has 0 bridgehead atoms. The maximum atomic E-state index is 15.5. The third-order valence-corrected chi connectivity index (χ3v) is 11.4. The van der Waals surface area contributed by atoms with Crippen molar-refractivity contribution in [2.24, 2.45) is 0 Å². The van der Waals surface area contributed by atoms with Crippen LogP contribution in [0.25, 0.3) is 88.4 Å². The molecule has 2 heterocycles. The van der Waals surface area contributed by atoms with Crippen molar-refractivity contribution in [3.63, 3.8) is 0 Å². The van der Waals surface area contributed by atoms with Crippen molar-refractivity contribution in [3.05, 3.63) is 192 Å².